The molecule has 2 aromatic heterocycles. The molecule has 0 fully saturated rings. The lowest BCUT2D eigenvalue weighted by Gasteiger charge is -2.18. The molecule has 0 unspecified atom stereocenters. The third-order valence-corrected chi connectivity index (χ3v) is 5.21. The molecular weight excluding hydrogens is 338 g/mol. The second-order valence-electron chi connectivity index (χ2n) is 6.12. The van der Waals surface area contributed by atoms with Crippen LogP contribution >= 0.6 is 11.3 Å². The van der Waals surface area contributed by atoms with Crippen LogP contribution in [0.3, 0.4) is 0 Å². The van der Waals surface area contributed by atoms with E-state index in [2.05, 4.69) is 65.8 Å². The van der Waals surface area contributed by atoms with E-state index in [-0.39, 0.29) is 0 Å². The van der Waals surface area contributed by atoms with Gasteiger partial charge in [-0.1, -0.05) is 54.6 Å². The number of thiophene rings is 1. The van der Waals surface area contributed by atoms with E-state index < -0.39 is 0 Å². The monoisotopic (exact) mass is 357 g/mol. The van der Waals surface area contributed by atoms with Crippen molar-refractivity contribution in [1.82, 2.24) is 4.98 Å². The number of nitrogens with zero attached hydrogens (tertiary/aromatic N) is 1. The summed E-state index contributed by atoms with van der Waals surface area (Å²) >= 11 is 1.72. The highest BCUT2D eigenvalue weighted by Gasteiger charge is 2.10. The Labute approximate surface area is 157 Å². The minimum Gasteiger partial charge on any atom is -0.488 e. The first-order chi connectivity index (χ1) is 12.8. The molecule has 0 aliphatic carbocycles. The molecule has 0 saturated heterocycles. The summed E-state index contributed by atoms with van der Waals surface area (Å²) in [7, 11) is 0. The van der Waals surface area contributed by atoms with Gasteiger partial charge in [-0.3, -0.25) is 4.98 Å². The molecule has 1 aliphatic rings. The van der Waals surface area contributed by atoms with Crippen molar-refractivity contribution in [1.29, 1.82) is 0 Å². The van der Waals surface area contributed by atoms with Gasteiger partial charge in [0.05, 0.1) is 10.6 Å². The van der Waals surface area contributed by atoms with Gasteiger partial charge in [0.25, 0.3) is 0 Å². The van der Waals surface area contributed by atoms with Crippen molar-refractivity contribution in [2.24, 2.45) is 0 Å². The standard InChI is InChI=1S/C16H13NS.C7H6O/c1-12-11-17-15(16-8-5-9-18-16)10-14(12)13-6-3-2-4-7-13;1-2-4-7-6(3-1)5-8-7/h2-11H,1H3;1-4H,5H2. The number of para-hydroxylation sites is 1. The first-order valence-corrected chi connectivity index (χ1v) is 9.46. The number of pyridine rings is 1. The molecule has 0 saturated carbocycles. The lowest BCUT2D eigenvalue weighted by atomic mass is 10.0. The number of rotatable bonds is 2. The van der Waals surface area contributed by atoms with E-state index in [1.165, 1.54) is 27.1 Å². The highest BCUT2D eigenvalue weighted by molar-refractivity contribution is 7.13. The number of benzene rings is 2. The molecule has 5 rings (SSSR count). The van der Waals surface area contributed by atoms with Crippen LogP contribution in [-0.2, 0) is 6.61 Å². The molecule has 0 N–H and O–H groups in total. The van der Waals surface area contributed by atoms with Gasteiger partial charge in [-0.25, -0.2) is 0 Å². The van der Waals surface area contributed by atoms with Crippen LogP contribution in [0.2, 0.25) is 0 Å². The molecule has 0 amide bonds. The zero-order valence-electron chi connectivity index (χ0n) is 14.6. The molecule has 0 atom stereocenters. The van der Waals surface area contributed by atoms with E-state index in [9.17, 15) is 0 Å². The molecule has 1 aliphatic heterocycles. The maximum Gasteiger partial charge on any atom is 0.126 e. The Balaban J connectivity index is 0.000000174. The Morgan fingerprint density at radius 2 is 1.73 bits per heavy atom. The maximum absolute atomic E-state index is 5.08. The molecular formula is C23H19NOS. The van der Waals surface area contributed by atoms with Gasteiger partial charge < -0.3 is 4.74 Å². The Kier molecular flexibility index (Phi) is 4.80. The Morgan fingerprint density at radius 3 is 2.35 bits per heavy atom. The Bertz CT molecular complexity index is 971. The minimum atomic E-state index is 0.802. The average molecular weight is 357 g/mol. The van der Waals surface area contributed by atoms with Gasteiger partial charge in [-0.15, -0.1) is 11.3 Å². The van der Waals surface area contributed by atoms with Gasteiger partial charge >= 0.3 is 0 Å². The summed E-state index contributed by atoms with van der Waals surface area (Å²) in [6, 6.07) is 24.9. The highest BCUT2D eigenvalue weighted by Crippen LogP contribution is 2.29. The SMILES string of the molecule is Cc1cnc(-c2cccs2)cc1-c1ccccc1.c1ccc2c(c1)CO2. The Morgan fingerprint density at radius 1 is 0.923 bits per heavy atom. The molecule has 3 heteroatoms. The molecule has 0 bridgehead atoms. The molecule has 3 heterocycles. The molecule has 2 nitrogen and oxygen atoms in total. The summed E-state index contributed by atoms with van der Waals surface area (Å²) < 4.78 is 5.08. The van der Waals surface area contributed by atoms with E-state index >= 15 is 0 Å². The van der Waals surface area contributed by atoms with Crippen LogP contribution in [0.15, 0.2) is 84.4 Å². The first-order valence-electron chi connectivity index (χ1n) is 8.58. The summed E-state index contributed by atoms with van der Waals surface area (Å²) in [4.78, 5) is 5.73. The fraction of sp³-hybridized carbons (Fsp3) is 0.0870. The summed E-state index contributed by atoms with van der Waals surface area (Å²) in [5.41, 5.74) is 6.09. The molecule has 0 radical (unpaired) electrons. The number of aromatic nitrogens is 1. The van der Waals surface area contributed by atoms with Gasteiger partial charge in [0.2, 0.25) is 0 Å². The van der Waals surface area contributed by atoms with Crippen LogP contribution in [0.25, 0.3) is 21.7 Å². The fourth-order valence-corrected chi connectivity index (χ4v) is 3.54. The van der Waals surface area contributed by atoms with E-state index in [0.29, 0.717) is 0 Å². The predicted octanol–water partition coefficient (Wildman–Crippen LogP) is 6.36. The zero-order valence-corrected chi connectivity index (χ0v) is 15.4. The molecule has 0 spiro atoms. The van der Waals surface area contributed by atoms with Crippen molar-refractivity contribution in [3.63, 3.8) is 0 Å². The third kappa shape index (κ3) is 3.53. The van der Waals surface area contributed by atoms with Gasteiger partial charge in [-0.2, -0.15) is 0 Å². The molecule has 26 heavy (non-hydrogen) atoms. The van der Waals surface area contributed by atoms with Crippen molar-refractivity contribution in [2.45, 2.75) is 13.5 Å². The van der Waals surface area contributed by atoms with Crippen LogP contribution in [0, 0.1) is 6.92 Å². The van der Waals surface area contributed by atoms with E-state index in [1.54, 1.807) is 11.3 Å². The smallest absolute Gasteiger partial charge is 0.126 e. The molecule has 4 aromatic rings. The fourth-order valence-electron chi connectivity index (χ4n) is 2.85. The van der Waals surface area contributed by atoms with E-state index in [0.717, 1.165) is 18.1 Å². The van der Waals surface area contributed by atoms with Gasteiger partial charge in [-0.05, 0) is 47.2 Å². The van der Waals surface area contributed by atoms with Gasteiger partial charge in [0.15, 0.2) is 0 Å². The first kappa shape index (κ1) is 16.6. The second-order valence-corrected chi connectivity index (χ2v) is 7.07. The number of aryl methyl sites for hydroxylation is 1. The lowest BCUT2D eigenvalue weighted by Crippen LogP contribution is -2.07. The van der Waals surface area contributed by atoms with Crippen molar-refractivity contribution in [2.75, 3.05) is 0 Å². The number of hydrogen-bond acceptors (Lipinski definition) is 3. The largest absolute Gasteiger partial charge is 0.488 e. The minimum absolute atomic E-state index is 0.802. The Hall–Kier alpha value is -2.91. The van der Waals surface area contributed by atoms with Crippen molar-refractivity contribution in [3.8, 4) is 27.4 Å². The molecule has 2 aromatic carbocycles. The van der Waals surface area contributed by atoms with Crippen LogP contribution in [-0.4, -0.2) is 4.98 Å². The van der Waals surface area contributed by atoms with Crippen molar-refractivity contribution in [3.05, 3.63) is 95.5 Å². The predicted molar refractivity (Wildman–Crippen MR) is 108 cm³/mol. The summed E-state index contributed by atoms with van der Waals surface area (Å²) in [6.45, 7) is 2.91. The van der Waals surface area contributed by atoms with Crippen LogP contribution < -0.4 is 4.74 Å². The van der Waals surface area contributed by atoms with E-state index in [1.807, 2.05) is 30.5 Å². The third-order valence-electron chi connectivity index (χ3n) is 4.32. The van der Waals surface area contributed by atoms with Gasteiger partial charge in [0, 0.05) is 11.8 Å². The normalized spacial score (nSPS) is 11.4. The van der Waals surface area contributed by atoms with Gasteiger partial charge in [0.1, 0.15) is 12.4 Å². The van der Waals surface area contributed by atoms with Crippen molar-refractivity contribution >= 4 is 11.3 Å². The van der Waals surface area contributed by atoms with Crippen LogP contribution in [0.4, 0.5) is 0 Å². The number of hydrogen-bond donors (Lipinski definition) is 0. The van der Waals surface area contributed by atoms with Crippen LogP contribution in [0.5, 0.6) is 5.75 Å². The summed E-state index contributed by atoms with van der Waals surface area (Å²) in [5, 5.41) is 2.08. The topological polar surface area (TPSA) is 22.1 Å². The van der Waals surface area contributed by atoms with Crippen LogP contribution in [0.1, 0.15) is 11.1 Å². The number of fused-ring (bicyclic) bond motifs is 1. The zero-order chi connectivity index (χ0) is 17.8. The molecule has 128 valence electrons. The quantitative estimate of drug-likeness (QED) is 0.416. The second kappa shape index (κ2) is 7.54. The average Bonchev–Trinajstić information content (AvgIpc) is 3.19. The number of ether oxygens (including phenoxy) is 1. The van der Waals surface area contributed by atoms with Crippen molar-refractivity contribution < 1.29 is 4.74 Å². The van der Waals surface area contributed by atoms with E-state index in [4.69, 9.17) is 4.74 Å². The lowest BCUT2D eigenvalue weighted by molar-refractivity contribution is 0.243. The summed E-state index contributed by atoms with van der Waals surface area (Å²) in [6.07, 6.45) is 1.96. The maximum atomic E-state index is 5.08. The highest BCUT2D eigenvalue weighted by atomic mass is 32.1. The summed E-state index contributed by atoms with van der Waals surface area (Å²) in [5.74, 6) is 1.05.